The molecule has 0 spiro atoms. The highest BCUT2D eigenvalue weighted by atomic mass is 16.5. The lowest BCUT2D eigenvalue weighted by Crippen LogP contribution is -2.62. The average molecular weight is 254 g/mol. The molecule has 1 heterocycles. The fraction of sp³-hybridized carbons (Fsp3) is 1.00. The highest BCUT2D eigenvalue weighted by Crippen LogP contribution is 2.32. The maximum atomic E-state index is 6.40. The third kappa shape index (κ3) is 3.46. The van der Waals surface area contributed by atoms with Gasteiger partial charge in [-0.05, 0) is 40.5 Å². The molecule has 0 aromatic carbocycles. The molecule has 0 aromatic heterocycles. The second kappa shape index (κ2) is 5.10. The number of rotatable bonds is 1. The van der Waals surface area contributed by atoms with Crippen LogP contribution in [-0.2, 0) is 4.74 Å². The molecule has 2 aliphatic rings. The average Bonchev–Trinajstić information content (AvgIpc) is 2.37. The zero-order valence-electron chi connectivity index (χ0n) is 12.5. The molecular formula is C15H30N2O. The molecule has 2 N–H and O–H groups in total. The van der Waals surface area contributed by atoms with E-state index in [2.05, 4.69) is 32.6 Å². The highest BCUT2D eigenvalue weighted by molar-refractivity contribution is 4.95. The Bertz CT molecular complexity index is 272. The van der Waals surface area contributed by atoms with Crippen LogP contribution in [0.1, 0.15) is 59.8 Å². The fourth-order valence-electron chi connectivity index (χ4n) is 3.85. The third-order valence-electron chi connectivity index (χ3n) is 4.22. The van der Waals surface area contributed by atoms with Gasteiger partial charge in [-0.2, -0.15) is 0 Å². The molecule has 1 saturated carbocycles. The number of ether oxygens (including phenoxy) is 1. The van der Waals surface area contributed by atoms with Gasteiger partial charge in [0.2, 0.25) is 0 Å². The van der Waals surface area contributed by atoms with Crippen LogP contribution >= 0.6 is 0 Å². The number of nitrogens with two attached hydrogens (primary N) is 1. The van der Waals surface area contributed by atoms with E-state index in [1.165, 1.54) is 32.1 Å². The van der Waals surface area contributed by atoms with Gasteiger partial charge in [-0.3, -0.25) is 4.90 Å². The lowest BCUT2D eigenvalue weighted by atomic mass is 9.93. The van der Waals surface area contributed by atoms with Crippen molar-refractivity contribution in [1.29, 1.82) is 0 Å². The molecule has 3 heteroatoms. The topological polar surface area (TPSA) is 38.5 Å². The summed E-state index contributed by atoms with van der Waals surface area (Å²) in [5, 5.41) is 0. The molecule has 2 unspecified atom stereocenters. The summed E-state index contributed by atoms with van der Waals surface area (Å²) in [6, 6.07) is 0.896. The molecule has 3 nitrogen and oxygen atoms in total. The Morgan fingerprint density at radius 3 is 2.11 bits per heavy atom. The Morgan fingerprint density at radius 1 is 0.944 bits per heavy atom. The molecule has 0 bridgehead atoms. The summed E-state index contributed by atoms with van der Waals surface area (Å²) in [5.74, 6) is 0. The third-order valence-corrected chi connectivity index (χ3v) is 4.22. The summed E-state index contributed by atoms with van der Waals surface area (Å²) in [7, 11) is 0. The van der Waals surface area contributed by atoms with E-state index in [0.29, 0.717) is 12.1 Å². The first kappa shape index (κ1) is 14.3. The van der Waals surface area contributed by atoms with Gasteiger partial charge in [-0.1, -0.05) is 19.3 Å². The molecule has 0 aromatic rings. The van der Waals surface area contributed by atoms with E-state index in [-0.39, 0.29) is 11.2 Å². The van der Waals surface area contributed by atoms with Crippen molar-refractivity contribution in [3.05, 3.63) is 0 Å². The van der Waals surface area contributed by atoms with Crippen LogP contribution < -0.4 is 5.73 Å². The smallest absolute Gasteiger partial charge is 0.0760 e. The lowest BCUT2D eigenvalue weighted by molar-refractivity contribution is -0.189. The van der Waals surface area contributed by atoms with E-state index in [4.69, 9.17) is 10.5 Å². The monoisotopic (exact) mass is 254 g/mol. The van der Waals surface area contributed by atoms with E-state index in [9.17, 15) is 0 Å². The van der Waals surface area contributed by atoms with Gasteiger partial charge in [0.15, 0.2) is 0 Å². The van der Waals surface area contributed by atoms with Crippen molar-refractivity contribution in [1.82, 2.24) is 4.90 Å². The SMILES string of the molecule is CC1(C)CN(C2CCCCCC2N)CC(C)(C)O1. The summed E-state index contributed by atoms with van der Waals surface area (Å²) in [6.07, 6.45) is 6.42. The molecule has 0 radical (unpaired) electrons. The fourth-order valence-corrected chi connectivity index (χ4v) is 3.85. The first-order chi connectivity index (χ1) is 8.29. The number of nitrogens with zero attached hydrogens (tertiary/aromatic N) is 1. The summed E-state index contributed by atoms with van der Waals surface area (Å²) in [5.41, 5.74) is 6.28. The van der Waals surface area contributed by atoms with Gasteiger partial charge < -0.3 is 10.5 Å². The zero-order chi connectivity index (χ0) is 13.4. The predicted octanol–water partition coefficient (Wildman–Crippen LogP) is 2.54. The largest absolute Gasteiger partial charge is 0.367 e. The van der Waals surface area contributed by atoms with E-state index >= 15 is 0 Å². The second-order valence-electron chi connectivity index (χ2n) is 7.40. The van der Waals surface area contributed by atoms with Gasteiger partial charge in [0.05, 0.1) is 11.2 Å². The van der Waals surface area contributed by atoms with Crippen LogP contribution in [0.25, 0.3) is 0 Å². The Balaban J connectivity index is 2.10. The van der Waals surface area contributed by atoms with Gasteiger partial charge >= 0.3 is 0 Å². The maximum absolute atomic E-state index is 6.40. The Hall–Kier alpha value is -0.120. The van der Waals surface area contributed by atoms with Gasteiger partial charge in [0.25, 0.3) is 0 Å². The van der Waals surface area contributed by atoms with E-state index in [1.54, 1.807) is 0 Å². The summed E-state index contributed by atoms with van der Waals surface area (Å²) < 4.78 is 6.17. The van der Waals surface area contributed by atoms with E-state index in [0.717, 1.165) is 13.1 Å². The second-order valence-corrected chi connectivity index (χ2v) is 7.40. The summed E-state index contributed by atoms with van der Waals surface area (Å²) in [4.78, 5) is 2.60. The molecule has 1 aliphatic heterocycles. The van der Waals surface area contributed by atoms with Crippen LogP contribution in [0.15, 0.2) is 0 Å². The predicted molar refractivity (Wildman–Crippen MR) is 75.7 cm³/mol. The zero-order valence-corrected chi connectivity index (χ0v) is 12.5. The van der Waals surface area contributed by atoms with E-state index in [1.807, 2.05) is 0 Å². The van der Waals surface area contributed by atoms with Crippen molar-refractivity contribution in [3.63, 3.8) is 0 Å². The lowest BCUT2D eigenvalue weighted by Gasteiger charge is -2.50. The van der Waals surface area contributed by atoms with Crippen molar-refractivity contribution in [2.24, 2.45) is 5.73 Å². The van der Waals surface area contributed by atoms with Crippen LogP contribution in [-0.4, -0.2) is 41.3 Å². The van der Waals surface area contributed by atoms with Gasteiger partial charge in [0.1, 0.15) is 0 Å². The van der Waals surface area contributed by atoms with Crippen LogP contribution in [0, 0.1) is 0 Å². The quantitative estimate of drug-likeness (QED) is 0.731. The maximum Gasteiger partial charge on any atom is 0.0760 e. The molecular weight excluding hydrogens is 224 g/mol. The van der Waals surface area contributed by atoms with Gasteiger partial charge in [0, 0.05) is 25.2 Å². The highest BCUT2D eigenvalue weighted by Gasteiger charge is 2.41. The van der Waals surface area contributed by atoms with Crippen molar-refractivity contribution in [2.75, 3.05) is 13.1 Å². The summed E-state index contributed by atoms with van der Waals surface area (Å²) >= 11 is 0. The Morgan fingerprint density at radius 2 is 1.50 bits per heavy atom. The number of hydrogen-bond acceptors (Lipinski definition) is 3. The standard InChI is InChI=1S/C15H30N2O/c1-14(2)10-17(11-15(3,4)18-14)13-9-7-5-6-8-12(13)16/h12-13H,5-11,16H2,1-4H3. The minimum atomic E-state index is -0.0617. The molecule has 1 aliphatic carbocycles. The molecule has 2 fully saturated rings. The normalized spacial score (nSPS) is 37.2. The number of morpholine rings is 1. The minimum absolute atomic E-state index is 0.0617. The molecule has 2 rings (SSSR count). The van der Waals surface area contributed by atoms with Crippen molar-refractivity contribution < 1.29 is 4.74 Å². The Labute approximate surface area is 112 Å². The molecule has 18 heavy (non-hydrogen) atoms. The summed E-state index contributed by atoms with van der Waals surface area (Å²) in [6.45, 7) is 10.8. The van der Waals surface area contributed by atoms with Crippen molar-refractivity contribution in [2.45, 2.75) is 83.1 Å². The van der Waals surface area contributed by atoms with Crippen molar-refractivity contribution >= 4 is 0 Å². The van der Waals surface area contributed by atoms with E-state index < -0.39 is 0 Å². The van der Waals surface area contributed by atoms with Gasteiger partial charge in [-0.25, -0.2) is 0 Å². The Kier molecular flexibility index (Phi) is 4.05. The first-order valence-corrected chi connectivity index (χ1v) is 7.49. The molecule has 106 valence electrons. The molecule has 1 saturated heterocycles. The first-order valence-electron chi connectivity index (χ1n) is 7.49. The van der Waals surface area contributed by atoms with Crippen LogP contribution in [0.4, 0.5) is 0 Å². The number of hydrogen-bond donors (Lipinski definition) is 1. The molecule has 0 amide bonds. The van der Waals surface area contributed by atoms with Crippen LogP contribution in [0.5, 0.6) is 0 Å². The van der Waals surface area contributed by atoms with Crippen molar-refractivity contribution in [3.8, 4) is 0 Å². The van der Waals surface area contributed by atoms with Gasteiger partial charge in [-0.15, -0.1) is 0 Å². The van der Waals surface area contributed by atoms with Crippen LogP contribution in [0.2, 0.25) is 0 Å². The van der Waals surface area contributed by atoms with Crippen LogP contribution in [0.3, 0.4) is 0 Å². The minimum Gasteiger partial charge on any atom is -0.367 e. The molecule has 2 atom stereocenters.